The molecule has 1 aromatic heterocycles. The highest BCUT2D eigenvalue weighted by molar-refractivity contribution is 6.53. The molecule has 1 N–H and O–H groups in total. The smallest absolute Gasteiger partial charge is 0.282 e. The third kappa shape index (κ3) is 1.54. The first-order valence-electron chi connectivity index (χ1n) is 2.59. The zero-order valence-corrected chi connectivity index (χ0v) is 9.06. The molecule has 0 unspecified atom stereocenters. The molecule has 0 saturated carbocycles. The minimum Gasteiger partial charge on any atom is -0.282 e. The van der Waals surface area contributed by atoms with E-state index in [2.05, 4.69) is 0 Å². The molecule has 1 rings (SSSR count). The highest BCUT2D eigenvalue weighted by Gasteiger charge is 2.26. The average molecular weight is 268 g/mol. The van der Waals surface area contributed by atoms with E-state index in [1.807, 2.05) is 0 Å². The first-order valence-corrected chi connectivity index (χ1v) is 4.48. The summed E-state index contributed by atoms with van der Waals surface area (Å²) in [5.74, 6) is 0. The van der Waals surface area contributed by atoms with Gasteiger partial charge in [0, 0.05) is 4.73 Å². The number of hydrogen-bond donors (Lipinski definition) is 1. The SMILES string of the molecule is O[n+]1c(Cl)c(Cl)c(Cl)c(Cl)c1Cl. The van der Waals surface area contributed by atoms with E-state index in [1.54, 1.807) is 0 Å². The second-order valence-electron chi connectivity index (χ2n) is 1.84. The standard InChI is InChI=1S/C5HCl5NO/c6-1-2(7)4(9)11(12)5(10)3(1)8/h12H/q+1. The Morgan fingerprint density at radius 3 is 1.42 bits per heavy atom. The summed E-state index contributed by atoms with van der Waals surface area (Å²) in [4.78, 5) is 0. The van der Waals surface area contributed by atoms with E-state index < -0.39 is 0 Å². The minimum absolute atomic E-state index is 0.0126. The van der Waals surface area contributed by atoms with Gasteiger partial charge >= 0.3 is 10.3 Å². The van der Waals surface area contributed by atoms with E-state index in [0.29, 0.717) is 4.73 Å². The fraction of sp³-hybridized carbons (Fsp3) is 0. The Morgan fingerprint density at radius 1 is 0.750 bits per heavy atom. The van der Waals surface area contributed by atoms with Crippen LogP contribution in [-0.2, 0) is 0 Å². The Morgan fingerprint density at radius 2 is 1.08 bits per heavy atom. The van der Waals surface area contributed by atoms with Gasteiger partial charge in [0.2, 0.25) is 0 Å². The van der Waals surface area contributed by atoms with Gasteiger partial charge in [-0.2, -0.15) is 0 Å². The third-order valence-corrected chi connectivity index (χ3v) is 3.32. The van der Waals surface area contributed by atoms with Crippen LogP contribution in [0.3, 0.4) is 0 Å². The lowest BCUT2D eigenvalue weighted by molar-refractivity contribution is -0.901. The number of hydrogen-bond acceptors (Lipinski definition) is 1. The fourth-order valence-corrected chi connectivity index (χ4v) is 1.62. The Balaban J connectivity index is 3.60. The van der Waals surface area contributed by atoms with Crippen LogP contribution < -0.4 is 4.73 Å². The fourth-order valence-electron chi connectivity index (χ4n) is 0.550. The second kappa shape index (κ2) is 3.64. The van der Waals surface area contributed by atoms with Crippen molar-refractivity contribution in [3.8, 4) is 0 Å². The van der Waals surface area contributed by atoms with Crippen LogP contribution in [0.4, 0.5) is 0 Å². The molecule has 12 heavy (non-hydrogen) atoms. The predicted octanol–water partition coefficient (Wildman–Crippen LogP) is 3.48. The van der Waals surface area contributed by atoms with Gasteiger partial charge in [-0.25, -0.2) is 0 Å². The topological polar surface area (TPSA) is 24.1 Å². The molecule has 1 heterocycles. The van der Waals surface area contributed by atoms with Crippen LogP contribution in [0.5, 0.6) is 0 Å². The van der Waals surface area contributed by atoms with Gasteiger partial charge in [-0.05, 0) is 23.2 Å². The van der Waals surface area contributed by atoms with Crippen molar-refractivity contribution in [1.82, 2.24) is 0 Å². The summed E-state index contributed by atoms with van der Waals surface area (Å²) in [5, 5.41) is 8.67. The monoisotopic (exact) mass is 266 g/mol. The van der Waals surface area contributed by atoms with Gasteiger partial charge in [0.05, 0.1) is 5.02 Å². The Hall–Kier alpha value is 0.400. The molecule has 0 radical (unpaired) electrons. The maximum Gasteiger partial charge on any atom is 0.347 e. The van der Waals surface area contributed by atoms with E-state index in [4.69, 9.17) is 63.2 Å². The Labute approximate surface area is 93.1 Å². The van der Waals surface area contributed by atoms with Crippen LogP contribution in [0.1, 0.15) is 0 Å². The lowest BCUT2D eigenvalue weighted by Crippen LogP contribution is -2.33. The summed E-state index contributed by atoms with van der Waals surface area (Å²) in [6.45, 7) is 0. The second-order valence-corrected chi connectivity index (χ2v) is 3.69. The first kappa shape index (κ1) is 10.5. The molecule has 0 saturated heterocycles. The number of halogens is 5. The maximum absolute atomic E-state index is 9.12. The van der Waals surface area contributed by atoms with Gasteiger partial charge in [0.1, 0.15) is 0 Å². The normalized spacial score (nSPS) is 10.4. The molecule has 0 spiro atoms. The van der Waals surface area contributed by atoms with Gasteiger partial charge in [-0.1, -0.05) is 34.8 Å². The molecule has 0 amide bonds. The largest absolute Gasteiger partial charge is 0.347 e. The molecule has 0 aromatic carbocycles. The van der Waals surface area contributed by atoms with Gasteiger partial charge in [0.15, 0.2) is 10.0 Å². The molecule has 0 fully saturated rings. The highest BCUT2D eigenvalue weighted by Crippen LogP contribution is 2.36. The van der Waals surface area contributed by atoms with Crippen molar-refractivity contribution in [1.29, 1.82) is 0 Å². The average Bonchev–Trinajstić information content (AvgIpc) is 2.08. The number of aromatic nitrogens is 1. The first-order chi connectivity index (χ1) is 5.46. The highest BCUT2D eigenvalue weighted by atomic mass is 35.5. The lowest BCUT2D eigenvalue weighted by atomic mass is 10.5. The van der Waals surface area contributed by atoms with Crippen LogP contribution >= 0.6 is 58.0 Å². The summed E-state index contributed by atoms with van der Waals surface area (Å²) in [7, 11) is 0. The lowest BCUT2D eigenvalue weighted by Gasteiger charge is -1.98. The molecular weight excluding hydrogens is 267 g/mol. The van der Waals surface area contributed by atoms with Gasteiger partial charge < -0.3 is 0 Å². The van der Waals surface area contributed by atoms with E-state index in [0.717, 1.165) is 0 Å². The molecule has 0 bridgehead atoms. The van der Waals surface area contributed by atoms with Crippen LogP contribution in [0.2, 0.25) is 25.4 Å². The quantitative estimate of drug-likeness (QED) is 0.435. The van der Waals surface area contributed by atoms with Gasteiger partial charge in [-0.3, -0.25) is 5.21 Å². The van der Waals surface area contributed by atoms with Crippen molar-refractivity contribution < 1.29 is 9.94 Å². The zero-order valence-electron chi connectivity index (χ0n) is 5.28. The Kier molecular flexibility index (Phi) is 3.18. The van der Waals surface area contributed by atoms with Crippen molar-refractivity contribution >= 4 is 58.0 Å². The third-order valence-electron chi connectivity index (χ3n) is 1.12. The molecule has 0 aliphatic carbocycles. The maximum atomic E-state index is 9.12. The van der Waals surface area contributed by atoms with E-state index in [-0.39, 0.29) is 25.4 Å². The van der Waals surface area contributed by atoms with Crippen molar-refractivity contribution in [3.05, 3.63) is 25.4 Å². The molecule has 1 aromatic rings. The molecular formula is C5HCl5NO+. The van der Waals surface area contributed by atoms with Crippen molar-refractivity contribution in [2.24, 2.45) is 0 Å². The zero-order chi connectivity index (χ0) is 9.46. The van der Waals surface area contributed by atoms with Gasteiger partial charge in [0.25, 0.3) is 0 Å². The van der Waals surface area contributed by atoms with E-state index in [1.165, 1.54) is 0 Å². The summed E-state index contributed by atoms with van der Waals surface area (Å²) in [5.41, 5.74) is 0. The number of rotatable bonds is 0. The van der Waals surface area contributed by atoms with Crippen molar-refractivity contribution in [3.63, 3.8) is 0 Å². The molecule has 0 aliphatic rings. The number of pyridine rings is 1. The van der Waals surface area contributed by atoms with Crippen molar-refractivity contribution in [2.75, 3.05) is 0 Å². The summed E-state index contributed by atoms with van der Waals surface area (Å²) < 4.78 is 0.444. The predicted molar refractivity (Wildman–Crippen MR) is 48.9 cm³/mol. The molecule has 2 nitrogen and oxygen atoms in total. The van der Waals surface area contributed by atoms with Crippen LogP contribution in [0.25, 0.3) is 0 Å². The Bertz CT molecular complexity index is 234. The van der Waals surface area contributed by atoms with Crippen LogP contribution in [-0.4, -0.2) is 5.21 Å². The number of nitrogens with zero attached hydrogens (tertiary/aromatic N) is 1. The molecule has 0 atom stereocenters. The van der Waals surface area contributed by atoms with Crippen LogP contribution in [0.15, 0.2) is 0 Å². The van der Waals surface area contributed by atoms with Crippen LogP contribution in [0, 0.1) is 0 Å². The summed E-state index contributed by atoms with van der Waals surface area (Å²) in [6.07, 6.45) is 0. The van der Waals surface area contributed by atoms with E-state index >= 15 is 0 Å². The summed E-state index contributed by atoms with van der Waals surface area (Å²) >= 11 is 27.8. The molecule has 66 valence electrons. The molecule has 7 heteroatoms. The van der Waals surface area contributed by atoms with Gasteiger partial charge in [-0.15, -0.1) is 0 Å². The van der Waals surface area contributed by atoms with E-state index in [9.17, 15) is 0 Å². The summed E-state index contributed by atoms with van der Waals surface area (Å²) in [6, 6.07) is 0. The van der Waals surface area contributed by atoms with Crippen molar-refractivity contribution in [2.45, 2.75) is 0 Å². The molecule has 0 aliphatic heterocycles. The minimum atomic E-state index is -0.184.